The van der Waals surface area contributed by atoms with Crippen LogP contribution in [0, 0.1) is 5.92 Å². The molecule has 0 heterocycles. The summed E-state index contributed by atoms with van der Waals surface area (Å²) in [6.07, 6.45) is 2.16. The van der Waals surface area contributed by atoms with E-state index in [1.807, 2.05) is 42.5 Å². The van der Waals surface area contributed by atoms with Gasteiger partial charge in [0.05, 0.1) is 6.04 Å². The van der Waals surface area contributed by atoms with E-state index in [1.54, 1.807) is 0 Å². The summed E-state index contributed by atoms with van der Waals surface area (Å²) >= 11 is 5.88. The molecule has 1 atom stereocenters. The summed E-state index contributed by atoms with van der Waals surface area (Å²) in [5.41, 5.74) is 2.30. The standard InChI is InChI=1S/C20H24ClNO/c1-15(2)14-19(17-6-4-3-5-7-17)22-20(23)13-10-16-8-11-18(21)12-9-16/h3-9,11-12,15,19H,10,13-14H2,1-2H3,(H,22,23). The zero-order valence-electron chi connectivity index (χ0n) is 13.8. The van der Waals surface area contributed by atoms with Gasteiger partial charge in [-0.3, -0.25) is 4.79 Å². The first kappa shape index (κ1) is 17.6. The molecule has 1 N–H and O–H groups in total. The number of halogens is 1. The molecule has 0 aliphatic heterocycles. The summed E-state index contributed by atoms with van der Waals surface area (Å²) < 4.78 is 0. The van der Waals surface area contributed by atoms with Crippen LogP contribution in [-0.4, -0.2) is 5.91 Å². The van der Waals surface area contributed by atoms with Crippen LogP contribution in [0.3, 0.4) is 0 Å². The van der Waals surface area contributed by atoms with Gasteiger partial charge in [-0.05, 0) is 42.0 Å². The molecule has 122 valence electrons. The van der Waals surface area contributed by atoms with Crippen molar-refractivity contribution < 1.29 is 4.79 Å². The number of carbonyl (C=O) groups excluding carboxylic acids is 1. The zero-order chi connectivity index (χ0) is 16.7. The van der Waals surface area contributed by atoms with Crippen LogP contribution >= 0.6 is 11.6 Å². The van der Waals surface area contributed by atoms with Gasteiger partial charge >= 0.3 is 0 Å². The second-order valence-corrected chi connectivity index (χ2v) is 6.72. The monoisotopic (exact) mass is 329 g/mol. The fourth-order valence-electron chi connectivity index (χ4n) is 2.61. The summed E-state index contributed by atoms with van der Waals surface area (Å²) in [7, 11) is 0. The third kappa shape index (κ3) is 6.07. The Bertz CT molecular complexity index is 607. The largest absolute Gasteiger partial charge is 0.349 e. The fraction of sp³-hybridized carbons (Fsp3) is 0.350. The lowest BCUT2D eigenvalue weighted by molar-refractivity contribution is -0.121. The molecule has 0 fully saturated rings. The molecule has 0 saturated carbocycles. The number of nitrogens with one attached hydrogen (secondary N) is 1. The highest BCUT2D eigenvalue weighted by Crippen LogP contribution is 2.21. The molecular formula is C20H24ClNO. The van der Waals surface area contributed by atoms with Gasteiger partial charge in [-0.2, -0.15) is 0 Å². The average molecular weight is 330 g/mol. The highest BCUT2D eigenvalue weighted by atomic mass is 35.5. The van der Waals surface area contributed by atoms with Gasteiger partial charge in [0.1, 0.15) is 0 Å². The Morgan fingerprint density at radius 3 is 2.30 bits per heavy atom. The molecular weight excluding hydrogens is 306 g/mol. The van der Waals surface area contributed by atoms with Crippen LogP contribution < -0.4 is 5.32 Å². The van der Waals surface area contributed by atoms with Gasteiger partial charge in [0.2, 0.25) is 5.91 Å². The summed E-state index contributed by atoms with van der Waals surface area (Å²) in [5, 5.41) is 3.90. The van der Waals surface area contributed by atoms with Crippen LogP contribution in [0.25, 0.3) is 0 Å². The molecule has 1 unspecified atom stereocenters. The van der Waals surface area contributed by atoms with E-state index in [0.29, 0.717) is 12.3 Å². The molecule has 0 spiro atoms. The van der Waals surface area contributed by atoms with Crippen LogP contribution in [0.4, 0.5) is 0 Å². The smallest absolute Gasteiger partial charge is 0.220 e. The zero-order valence-corrected chi connectivity index (χ0v) is 14.5. The van der Waals surface area contributed by atoms with Crippen LogP contribution in [0.2, 0.25) is 5.02 Å². The second-order valence-electron chi connectivity index (χ2n) is 6.29. The van der Waals surface area contributed by atoms with Crippen molar-refractivity contribution in [2.24, 2.45) is 5.92 Å². The topological polar surface area (TPSA) is 29.1 Å². The molecule has 0 bridgehead atoms. The maximum absolute atomic E-state index is 12.3. The molecule has 1 amide bonds. The van der Waals surface area contributed by atoms with Crippen molar-refractivity contribution in [2.75, 3.05) is 0 Å². The lowest BCUT2D eigenvalue weighted by atomic mass is 9.96. The highest BCUT2D eigenvalue weighted by Gasteiger charge is 2.15. The Hall–Kier alpha value is -1.80. The molecule has 3 heteroatoms. The molecule has 2 aromatic carbocycles. The van der Waals surface area contributed by atoms with Crippen LogP contribution in [-0.2, 0) is 11.2 Å². The number of hydrogen-bond acceptors (Lipinski definition) is 1. The SMILES string of the molecule is CC(C)CC(NC(=O)CCc1ccc(Cl)cc1)c1ccccc1. The minimum atomic E-state index is 0.0777. The van der Waals surface area contributed by atoms with E-state index in [0.717, 1.165) is 23.4 Å². The molecule has 23 heavy (non-hydrogen) atoms. The van der Waals surface area contributed by atoms with E-state index >= 15 is 0 Å². The lowest BCUT2D eigenvalue weighted by Gasteiger charge is -2.21. The van der Waals surface area contributed by atoms with Gasteiger partial charge in [-0.25, -0.2) is 0 Å². The first-order chi connectivity index (χ1) is 11.0. The highest BCUT2D eigenvalue weighted by molar-refractivity contribution is 6.30. The lowest BCUT2D eigenvalue weighted by Crippen LogP contribution is -2.29. The molecule has 0 aliphatic rings. The van der Waals surface area contributed by atoms with E-state index in [4.69, 9.17) is 11.6 Å². The maximum atomic E-state index is 12.3. The molecule has 0 saturated heterocycles. The summed E-state index contributed by atoms with van der Waals surface area (Å²) in [5.74, 6) is 0.617. The van der Waals surface area contributed by atoms with Crippen molar-refractivity contribution in [2.45, 2.75) is 39.2 Å². The number of aryl methyl sites for hydroxylation is 1. The number of benzene rings is 2. The third-order valence-electron chi connectivity index (χ3n) is 3.80. The molecule has 0 radical (unpaired) electrons. The number of rotatable bonds is 7. The van der Waals surface area contributed by atoms with Gasteiger partial charge in [0, 0.05) is 11.4 Å². The van der Waals surface area contributed by atoms with Crippen LogP contribution in [0.15, 0.2) is 54.6 Å². The fourth-order valence-corrected chi connectivity index (χ4v) is 2.74. The van der Waals surface area contributed by atoms with Crippen molar-refractivity contribution in [1.82, 2.24) is 5.32 Å². The van der Waals surface area contributed by atoms with E-state index in [2.05, 4.69) is 31.3 Å². The molecule has 2 aromatic rings. The molecule has 0 aliphatic carbocycles. The second kappa shape index (κ2) is 8.73. The Balaban J connectivity index is 1.93. The van der Waals surface area contributed by atoms with Gasteiger partial charge in [-0.1, -0.05) is 67.9 Å². The predicted octanol–water partition coefficient (Wildman–Crippen LogP) is 5.18. The van der Waals surface area contributed by atoms with Gasteiger partial charge in [-0.15, -0.1) is 0 Å². The molecule has 2 nitrogen and oxygen atoms in total. The first-order valence-electron chi connectivity index (χ1n) is 8.13. The summed E-state index contributed by atoms with van der Waals surface area (Å²) in [6, 6.07) is 17.9. The average Bonchev–Trinajstić information content (AvgIpc) is 2.54. The summed E-state index contributed by atoms with van der Waals surface area (Å²) in [4.78, 5) is 12.3. The Kier molecular flexibility index (Phi) is 6.66. The maximum Gasteiger partial charge on any atom is 0.220 e. The van der Waals surface area contributed by atoms with Crippen molar-refractivity contribution in [3.63, 3.8) is 0 Å². The van der Waals surface area contributed by atoms with E-state index in [9.17, 15) is 4.79 Å². The third-order valence-corrected chi connectivity index (χ3v) is 4.05. The van der Waals surface area contributed by atoms with E-state index < -0.39 is 0 Å². The van der Waals surface area contributed by atoms with Gasteiger partial charge < -0.3 is 5.32 Å². The van der Waals surface area contributed by atoms with Crippen molar-refractivity contribution in [1.29, 1.82) is 0 Å². The quantitative estimate of drug-likeness (QED) is 0.745. The van der Waals surface area contributed by atoms with Crippen molar-refractivity contribution in [3.05, 3.63) is 70.7 Å². The minimum absolute atomic E-state index is 0.0777. The Morgan fingerprint density at radius 1 is 1.04 bits per heavy atom. The molecule has 2 rings (SSSR count). The van der Waals surface area contributed by atoms with Crippen molar-refractivity contribution >= 4 is 17.5 Å². The van der Waals surface area contributed by atoms with E-state index in [-0.39, 0.29) is 11.9 Å². The Labute approximate surface area is 143 Å². The van der Waals surface area contributed by atoms with Gasteiger partial charge in [0.25, 0.3) is 0 Å². The number of carbonyl (C=O) groups is 1. The van der Waals surface area contributed by atoms with E-state index in [1.165, 1.54) is 5.56 Å². The minimum Gasteiger partial charge on any atom is -0.349 e. The number of amides is 1. The first-order valence-corrected chi connectivity index (χ1v) is 8.51. The van der Waals surface area contributed by atoms with Crippen LogP contribution in [0.5, 0.6) is 0 Å². The predicted molar refractivity (Wildman–Crippen MR) is 96.6 cm³/mol. The molecule has 0 aromatic heterocycles. The van der Waals surface area contributed by atoms with Crippen LogP contribution in [0.1, 0.15) is 43.9 Å². The Morgan fingerprint density at radius 2 is 1.70 bits per heavy atom. The normalized spacial score (nSPS) is 12.2. The van der Waals surface area contributed by atoms with Gasteiger partial charge in [0.15, 0.2) is 0 Å². The van der Waals surface area contributed by atoms with Crippen molar-refractivity contribution in [3.8, 4) is 0 Å². The summed E-state index contributed by atoms with van der Waals surface area (Å²) in [6.45, 7) is 4.35. The number of hydrogen-bond donors (Lipinski definition) is 1.